The molecule has 1 aromatic carbocycles. The van der Waals surface area contributed by atoms with Crippen LogP contribution >= 0.6 is 0 Å². The van der Waals surface area contributed by atoms with E-state index in [1.807, 2.05) is 25.4 Å². The first-order valence-corrected chi connectivity index (χ1v) is 10.1. The molecule has 1 aliphatic rings. The van der Waals surface area contributed by atoms with E-state index in [4.69, 9.17) is 0 Å². The lowest BCUT2D eigenvalue weighted by molar-refractivity contribution is -0.107. The molecule has 2 aromatic heterocycles. The Balaban J connectivity index is 1.44. The van der Waals surface area contributed by atoms with Crippen molar-refractivity contribution >= 4 is 28.9 Å². The molecule has 0 aliphatic heterocycles. The van der Waals surface area contributed by atoms with Gasteiger partial charge in [-0.2, -0.15) is 5.10 Å². The fourth-order valence-corrected chi connectivity index (χ4v) is 3.72. The maximum atomic E-state index is 13.2. The van der Waals surface area contributed by atoms with Gasteiger partial charge in [0.05, 0.1) is 11.9 Å². The van der Waals surface area contributed by atoms with E-state index >= 15 is 0 Å². The van der Waals surface area contributed by atoms with Crippen molar-refractivity contribution in [3.05, 3.63) is 47.9 Å². The standard InChI is InChI=1S/C22H27N5O2/c1-25(11-5-6-17-12-23-19-8-4-3-7-18(17)19)22(29)21-20(26(2)15-28)13-24-27(21)14-16-9-10-16/h3-4,7-8,12-13,15-16,23H,5-6,9-11,14H2,1-2H3. The van der Waals surface area contributed by atoms with Gasteiger partial charge in [-0.15, -0.1) is 0 Å². The van der Waals surface area contributed by atoms with Gasteiger partial charge in [0.2, 0.25) is 6.41 Å². The number of amides is 2. The Hall–Kier alpha value is -3.09. The minimum atomic E-state index is -0.0919. The number of carbonyl (C=O) groups is 2. The fraction of sp³-hybridized carbons (Fsp3) is 0.409. The van der Waals surface area contributed by atoms with Crippen LogP contribution in [-0.4, -0.2) is 52.6 Å². The third kappa shape index (κ3) is 4.04. The molecule has 0 unspecified atom stereocenters. The summed E-state index contributed by atoms with van der Waals surface area (Å²) >= 11 is 0. The average Bonchev–Trinajstić information content (AvgIpc) is 3.31. The minimum absolute atomic E-state index is 0.0919. The Bertz CT molecular complexity index is 1020. The summed E-state index contributed by atoms with van der Waals surface area (Å²) in [6.45, 7) is 1.37. The van der Waals surface area contributed by atoms with E-state index in [9.17, 15) is 9.59 Å². The molecule has 1 aliphatic carbocycles. The summed E-state index contributed by atoms with van der Waals surface area (Å²) in [7, 11) is 3.47. The smallest absolute Gasteiger partial charge is 0.274 e. The van der Waals surface area contributed by atoms with E-state index in [1.165, 1.54) is 28.7 Å². The van der Waals surface area contributed by atoms with Crippen LogP contribution in [0.25, 0.3) is 10.9 Å². The molecular weight excluding hydrogens is 366 g/mol. The molecule has 0 bridgehead atoms. The Morgan fingerprint density at radius 1 is 1.31 bits per heavy atom. The second-order valence-electron chi connectivity index (χ2n) is 7.91. The van der Waals surface area contributed by atoms with Gasteiger partial charge < -0.3 is 14.8 Å². The number of hydrogen-bond acceptors (Lipinski definition) is 3. The highest BCUT2D eigenvalue weighted by Crippen LogP contribution is 2.32. The molecule has 7 nitrogen and oxygen atoms in total. The van der Waals surface area contributed by atoms with Gasteiger partial charge in [-0.05, 0) is 43.2 Å². The number of anilines is 1. The first-order chi connectivity index (χ1) is 14.1. The number of aryl methyl sites for hydroxylation is 1. The van der Waals surface area contributed by atoms with Crippen LogP contribution in [0.4, 0.5) is 5.69 Å². The van der Waals surface area contributed by atoms with Crippen LogP contribution in [0.15, 0.2) is 36.7 Å². The molecule has 1 N–H and O–H groups in total. The number of H-pyrrole nitrogens is 1. The summed E-state index contributed by atoms with van der Waals surface area (Å²) in [6.07, 6.45) is 8.48. The predicted octanol–water partition coefficient (Wildman–Crippen LogP) is 3.07. The van der Waals surface area contributed by atoms with Crippen LogP contribution in [0.3, 0.4) is 0 Å². The summed E-state index contributed by atoms with van der Waals surface area (Å²) < 4.78 is 1.77. The molecule has 3 aromatic rings. The molecule has 4 rings (SSSR count). The van der Waals surface area contributed by atoms with Gasteiger partial charge in [0.15, 0.2) is 0 Å². The predicted molar refractivity (Wildman–Crippen MR) is 113 cm³/mol. The zero-order chi connectivity index (χ0) is 20.4. The average molecular weight is 393 g/mol. The molecule has 29 heavy (non-hydrogen) atoms. The van der Waals surface area contributed by atoms with Gasteiger partial charge in [-0.3, -0.25) is 14.3 Å². The van der Waals surface area contributed by atoms with Crippen molar-refractivity contribution < 1.29 is 9.59 Å². The van der Waals surface area contributed by atoms with Crippen LogP contribution in [0.2, 0.25) is 0 Å². The SMILES string of the molecule is CN(CCCc1c[nH]c2ccccc12)C(=O)c1c(N(C)C=O)cnn1CC1CC1. The summed E-state index contributed by atoms with van der Waals surface area (Å²) in [5, 5.41) is 5.62. The van der Waals surface area contributed by atoms with E-state index < -0.39 is 0 Å². The zero-order valence-corrected chi connectivity index (χ0v) is 17.0. The van der Waals surface area contributed by atoms with Crippen molar-refractivity contribution in [3.63, 3.8) is 0 Å². The lowest BCUT2D eigenvalue weighted by Crippen LogP contribution is -2.32. The number of benzene rings is 1. The Kier molecular flexibility index (Phi) is 5.38. The van der Waals surface area contributed by atoms with Crippen LogP contribution in [0.5, 0.6) is 0 Å². The van der Waals surface area contributed by atoms with E-state index in [1.54, 1.807) is 22.8 Å². The van der Waals surface area contributed by atoms with Crippen LogP contribution < -0.4 is 4.90 Å². The first-order valence-electron chi connectivity index (χ1n) is 10.1. The Morgan fingerprint density at radius 3 is 2.86 bits per heavy atom. The lowest BCUT2D eigenvalue weighted by Gasteiger charge is -2.20. The molecule has 0 spiro atoms. The quantitative estimate of drug-likeness (QED) is 0.568. The summed E-state index contributed by atoms with van der Waals surface area (Å²) in [5.41, 5.74) is 3.47. The lowest BCUT2D eigenvalue weighted by atomic mass is 10.1. The third-order valence-corrected chi connectivity index (χ3v) is 5.65. The van der Waals surface area contributed by atoms with Crippen LogP contribution in [0, 0.1) is 5.92 Å². The fourth-order valence-electron chi connectivity index (χ4n) is 3.72. The molecule has 152 valence electrons. The van der Waals surface area contributed by atoms with Gasteiger partial charge in [-0.1, -0.05) is 18.2 Å². The van der Waals surface area contributed by atoms with Crippen molar-refractivity contribution in [2.75, 3.05) is 25.5 Å². The van der Waals surface area contributed by atoms with Crippen molar-refractivity contribution in [1.82, 2.24) is 19.7 Å². The normalized spacial score (nSPS) is 13.6. The number of para-hydroxylation sites is 1. The van der Waals surface area contributed by atoms with Crippen molar-refractivity contribution in [1.29, 1.82) is 0 Å². The van der Waals surface area contributed by atoms with E-state index in [2.05, 4.69) is 22.2 Å². The summed E-state index contributed by atoms with van der Waals surface area (Å²) in [6, 6.07) is 8.25. The Morgan fingerprint density at radius 2 is 2.10 bits per heavy atom. The van der Waals surface area contributed by atoms with Crippen molar-refractivity contribution in [3.8, 4) is 0 Å². The number of rotatable bonds is 9. The zero-order valence-electron chi connectivity index (χ0n) is 17.0. The van der Waals surface area contributed by atoms with Gasteiger partial charge >= 0.3 is 0 Å². The third-order valence-electron chi connectivity index (χ3n) is 5.65. The number of nitrogens with zero attached hydrogens (tertiary/aromatic N) is 4. The highest BCUT2D eigenvalue weighted by molar-refractivity contribution is 6.00. The number of hydrogen-bond donors (Lipinski definition) is 1. The monoisotopic (exact) mass is 393 g/mol. The number of nitrogens with one attached hydrogen (secondary N) is 1. The molecule has 1 saturated carbocycles. The molecule has 7 heteroatoms. The van der Waals surface area contributed by atoms with Gasteiger partial charge in [0.1, 0.15) is 5.69 Å². The summed E-state index contributed by atoms with van der Waals surface area (Å²) in [4.78, 5) is 30.9. The van der Waals surface area contributed by atoms with E-state index in [0.29, 0.717) is 30.3 Å². The Labute approximate surface area is 170 Å². The van der Waals surface area contributed by atoms with E-state index in [-0.39, 0.29) is 5.91 Å². The van der Waals surface area contributed by atoms with Crippen molar-refractivity contribution in [2.24, 2.45) is 5.92 Å². The van der Waals surface area contributed by atoms with Gasteiger partial charge in [0.25, 0.3) is 5.91 Å². The molecule has 0 atom stereocenters. The largest absolute Gasteiger partial charge is 0.361 e. The summed E-state index contributed by atoms with van der Waals surface area (Å²) in [5.74, 6) is 0.494. The first kappa shape index (κ1) is 19.2. The molecule has 2 heterocycles. The van der Waals surface area contributed by atoms with E-state index in [0.717, 1.165) is 24.9 Å². The minimum Gasteiger partial charge on any atom is -0.361 e. The highest BCUT2D eigenvalue weighted by Gasteiger charge is 2.28. The van der Waals surface area contributed by atoms with Gasteiger partial charge in [-0.25, -0.2) is 0 Å². The molecule has 1 fully saturated rings. The van der Waals surface area contributed by atoms with Gasteiger partial charge in [0, 0.05) is 44.3 Å². The molecular formula is C22H27N5O2. The number of fused-ring (bicyclic) bond motifs is 1. The number of carbonyl (C=O) groups excluding carboxylic acids is 2. The number of aromatic amines is 1. The number of aromatic nitrogens is 3. The maximum Gasteiger partial charge on any atom is 0.274 e. The van der Waals surface area contributed by atoms with Crippen LogP contribution in [0.1, 0.15) is 35.3 Å². The maximum absolute atomic E-state index is 13.2. The molecule has 0 saturated heterocycles. The second-order valence-corrected chi connectivity index (χ2v) is 7.91. The van der Waals surface area contributed by atoms with Crippen molar-refractivity contribution in [2.45, 2.75) is 32.2 Å². The highest BCUT2D eigenvalue weighted by atomic mass is 16.2. The molecule has 2 amide bonds. The topological polar surface area (TPSA) is 74.2 Å². The van der Waals surface area contributed by atoms with Crippen LogP contribution in [-0.2, 0) is 17.8 Å². The molecule has 0 radical (unpaired) electrons. The second kappa shape index (κ2) is 8.11.